The van der Waals surface area contributed by atoms with E-state index in [1.54, 1.807) is 30.3 Å². The number of urea groups is 1. The summed E-state index contributed by atoms with van der Waals surface area (Å²) < 4.78 is 39.4. The Kier molecular flexibility index (Phi) is 5.87. The quantitative estimate of drug-likeness (QED) is 0.795. The largest absolute Gasteiger partial charge is 0.408 e. The molecule has 2 rings (SSSR count). The maximum atomic E-state index is 13.1. The van der Waals surface area contributed by atoms with Crippen molar-refractivity contribution in [1.29, 1.82) is 0 Å². The van der Waals surface area contributed by atoms with Crippen molar-refractivity contribution in [3.05, 3.63) is 35.9 Å². The molecule has 1 fully saturated rings. The van der Waals surface area contributed by atoms with E-state index in [1.165, 1.54) is 0 Å². The minimum absolute atomic E-state index is 0.191. The third-order valence-electron chi connectivity index (χ3n) is 4.02. The predicted molar refractivity (Wildman–Crippen MR) is 79.9 cm³/mol. The van der Waals surface area contributed by atoms with E-state index in [9.17, 15) is 23.1 Å². The Morgan fingerprint density at radius 3 is 2.35 bits per heavy atom. The fraction of sp³-hybridized carbons (Fsp3) is 0.562. The first-order valence-electron chi connectivity index (χ1n) is 7.70. The normalized spacial score (nSPS) is 23.1. The number of aliphatic hydroxyl groups is 1. The highest BCUT2D eigenvalue weighted by Gasteiger charge is 2.40. The molecule has 0 saturated heterocycles. The van der Waals surface area contributed by atoms with Gasteiger partial charge in [-0.25, -0.2) is 4.79 Å². The van der Waals surface area contributed by atoms with E-state index in [2.05, 4.69) is 5.32 Å². The Labute approximate surface area is 133 Å². The highest BCUT2D eigenvalue weighted by molar-refractivity contribution is 5.74. The fourth-order valence-electron chi connectivity index (χ4n) is 2.70. The number of rotatable bonds is 4. The van der Waals surface area contributed by atoms with Crippen LogP contribution in [0.3, 0.4) is 0 Å². The van der Waals surface area contributed by atoms with Crippen molar-refractivity contribution in [3.8, 4) is 0 Å². The predicted octanol–water partition coefficient (Wildman–Crippen LogP) is 2.76. The molecular weight excluding hydrogens is 309 g/mol. The first kappa shape index (κ1) is 17.6. The molecule has 0 spiro atoms. The van der Waals surface area contributed by atoms with Gasteiger partial charge in [0.1, 0.15) is 6.04 Å². The van der Waals surface area contributed by atoms with Gasteiger partial charge in [0.2, 0.25) is 0 Å². The van der Waals surface area contributed by atoms with Gasteiger partial charge in [-0.1, -0.05) is 30.3 Å². The summed E-state index contributed by atoms with van der Waals surface area (Å²) in [7, 11) is 0. The van der Waals surface area contributed by atoms with E-state index in [1.807, 2.05) is 5.32 Å². The number of hydrogen-bond donors (Lipinski definition) is 3. The molecule has 3 N–H and O–H groups in total. The van der Waals surface area contributed by atoms with Crippen LogP contribution in [-0.4, -0.2) is 35.5 Å². The third-order valence-corrected chi connectivity index (χ3v) is 4.02. The number of carbonyl (C=O) groups is 1. The van der Waals surface area contributed by atoms with Crippen LogP contribution < -0.4 is 10.6 Å². The smallest absolute Gasteiger partial charge is 0.393 e. The van der Waals surface area contributed by atoms with Crippen LogP contribution in [0.4, 0.5) is 18.0 Å². The van der Waals surface area contributed by atoms with Crippen LogP contribution in [0.1, 0.15) is 31.2 Å². The molecule has 23 heavy (non-hydrogen) atoms. The van der Waals surface area contributed by atoms with Gasteiger partial charge in [0, 0.05) is 12.5 Å². The molecule has 4 nitrogen and oxygen atoms in total. The summed E-state index contributed by atoms with van der Waals surface area (Å²) in [5, 5.41) is 14.0. The Bertz CT molecular complexity index is 500. The molecule has 1 aliphatic carbocycles. The van der Waals surface area contributed by atoms with Gasteiger partial charge in [0.15, 0.2) is 0 Å². The summed E-state index contributed by atoms with van der Waals surface area (Å²) in [6.07, 6.45) is -2.95. The molecule has 0 heterocycles. The second-order valence-electron chi connectivity index (χ2n) is 5.91. The number of benzene rings is 1. The van der Waals surface area contributed by atoms with E-state index in [0.29, 0.717) is 31.2 Å². The summed E-state index contributed by atoms with van der Waals surface area (Å²) in [6.45, 7) is 0. The van der Waals surface area contributed by atoms with Crippen molar-refractivity contribution < 1.29 is 23.1 Å². The highest BCUT2D eigenvalue weighted by atomic mass is 19.4. The Hall–Kier alpha value is -1.76. The summed E-state index contributed by atoms with van der Waals surface area (Å²) >= 11 is 0. The van der Waals surface area contributed by atoms with E-state index in [0.717, 1.165) is 0 Å². The molecule has 128 valence electrons. The number of aliphatic hydroxyl groups excluding tert-OH is 1. The van der Waals surface area contributed by atoms with Crippen molar-refractivity contribution in [1.82, 2.24) is 10.6 Å². The molecule has 0 aliphatic heterocycles. The van der Waals surface area contributed by atoms with Crippen LogP contribution in [0, 0.1) is 0 Å². The molecule has 0 aromatic heterocycles. The van der Waals surface area contributed by atoms with Gasteiger partial charge < -0.3 is 15.7 Å². The molecule has 1 aromatic rings. The Morgan fingerprint density at radius 2 is 1.78 bits per heavy atom. The summed E-state index contributed by atoms with van der Waals surface area (Å²) in [5.74, 6) is 0. The van der Waals surface area contributed by atoms with Crippen LogP contribution in [0.15, 0.2) is 30.3 Å². The lowest BCUT2D eigenvalue weighted by atomic mass is 9.93. The van der Waals surface area contributed by atoms with Crippen LogP contribution in [0.25, 0.3) is 0 Å². The Morgan fingerprint density at radius 1 is 1.17 bits per heavy atom. The van der Waals surface area contributed by atoms with Crippen molar-refractivity contribution in [2.24, 2.45) is 0 Å². The molecule has 1 saturated carbocycles. The molecule has 0 bridgehead atoms. The van der Waals surface area contributed by atoms with E-state index >= 15 is 0 Å². The van der Waals surface area contributed by atoms with Crippen molar-refractivity contribution in [2.75, 3.05) is 0 Å². The second-order valence-corrected chi connectivity index (χ2v) is 5.91. The number of nitrogens with one attached hydrogen (secondary N) is 2. The van der Waals surface area contributed by atoms with Crippen LogP contribution >= 0.6 is 0 Å². The van der Waals surface area contributed by atoms with Crippen molar-refractivity contribution in [2.45, 2.75) is 56.5 Å². The number of halogens is 3. The summed E-state index contributed by atoms with van der Waals surface area (Å²) in [4.78, 5) is 11.9. The van der Waals surface area contributed by atoms with E-state index < -0.39 is 18.2 Å². The molecule has 1 atom stereocenters. The summed E-state index contributed by atoms with van der Waals surface area (Å²) in [5.41, 5.74) is 0.510. The first-order valence-corrected chi connectivity index (χ1v) is 7.70. The topological polar surface area (TPSA) is 61.4 Å². The average Bonchev–Trinajstić information content (AvgIpc) is 2.49. The van der Waals surface area contributed by atoms with Gasteiger partial charge in [-0.3, -0.25) is 0 Å². The molecule has 7 heteroatoms. The van der Waals surface area contributed by atoms with Crippen LogP contribution in [0.2, 0.25) is 0 Å². The fourth-order valence-corrected chi connectivity index (χ4v) is 2.70. The van der Waals surface area contributed by atoms with Crippen LogP contribution in [0.5, 0.6) is 0 Å². The lowest BCUT2D eigenvalue weighted by Crippen LogP contribution is -2.53. The van der Waals surface area contributed by atoms with E-state index in [4.69, 9.17) is 0 Å². The zero-order valence-corrected chi connectivity index (χ0v) is 12.6. The molecular formula is C16H21F3N2O2. The minimum Gasteiger partial charge on any atom is -0.393 e. The zero-order chi connectivity index (χ0) is 16.9. The van der Waals surface area contributed by atoms with Gasteiger partial charge in [0.05, 0.1) is 6.10 Å². The number of amides is 2. The van der Waals surface area contributed by atoms with Crippen molar-refractivity contribution in [3.63, 3.8) is 0 Å². The SMILES string of the molecule is O=C(NC1CCC(O)CC1)N[C@H](Cc1ccccc1)C(F)(F)F. The van der Waals surface area contributed by atoms with Gasteiger partial charge in [-0.15, -0.1) is 0 Å². The minimum atomic E-state index is -4.52. The van der Waals surface area contributed by atoms with Crippen LogP contribution in [-0.2, 0) is 6.42 Å². The Balaban J connectivity index is 1.91. The number of hydrogen-bond acceptors (Lipinski definition) is 2. The standard InChI is InChI=1S/C16H21F3N2O2/c17-16(18,19)14(10-11-4-2-1-3-5-11)21-15(23)20-12-6-8-13(22)9-7-12/h1-5,12-14,22H,6-10H2,(H2,20,21,23)/t12?,13?,14-/m1/s1. The highest BCUT2D eigenvalue weighted by Crippen LogP contribution is 2.23. The summed E-state index contributed by atoms with van der Waals surface area (Å²) in [6, 6.07) is 5.31. The average molecular weight is 330 g/mol. The lowest BCUT2D eigenvalue weighted by Gasteiger charge is -2.28. The monoisotopic (exact) mass is 330 g/mol. The first-order chi connectivity index (χ1) is 10.8. The van der Waals surface area contributed by atoms with Gasteiger partial charge in [0.25, 0.3) is 0 Å². The third kappa shape index (κ3) is 5.74. The zero-order valence-electron chi connectivity index (χ0n) is 12.6. The molecule has 2 amide bonds. The van der Waals surface area contributed by atoms with Gasteiger partial charge >= 0.3 is 12.2 Å². The number of alkyl halides is 3. The molecule has 1 aliphatic rings. The number of carbonyl (C=O) groups excluding carboxylic acids is 1. The lowest BCUT2D eigenvalue weighted by molar-refractivity contribution is -0.152. The maximum Gasteiger partial charge on any atom is 0.408 e. The molecule has 0 radical (unpaired) electrons. The van der Waals surface area contributed by atoms with Gasteiger partial charge in [-0.2, -0.15) is 13.2 Å². The molecule has 0 unspecified atom stereocenters. The second kappa shape index (κ2) is 7.68. The van der Waals surface area contributed by atoms with Crippen molar-refractivity contribution >= 4 is 6.03 Å². The van der Waals surface area contributed by atoms with E-state index in [-0.39, 0.29) is 18.6 Å². The molecule has 1 aromatic carbocycles. The van der Waals surface area contributed by atoms with Gasteiger partial charge in [-0.05, 0) is 31.2 Å². The maximum absolute atomic E-state index is 13.1.